The Labute approximate surface area is 111 Å². The molecule has 1 heteroatoms. The van der Waals surface area contributed by atoms with Crippen molar-refractivity contribution in [2.75, 3.05) is 0 Å². The van der Waals surface area contributed by atoms with Crippen molar-refractivity contribution in [3.63, 3.8) is 0 Å². The van der Waals surface area contributed by atoms with Crippen molar-refractivity contribution in [3.05, 3.63) is 35.4 Å². The van der Waals surface area contributed by atoms with E-state index in [9.17, 15) is 4.79 Å². The second-order valence-corrected chi connectivity index (χ2v) is 5.52. The minimum Gasteiger partial charge on any atom is -0.294 e. The summed E-state index contributed by atoms with van der Waals surface area (Å²) in [5.74, 6) is 1.13. The second kappa shape index (κ2) is 6.72. The maximum atomic E-state index is 12.1. The van der Waals surface area contributed by atoms with E-state index >= 15 is 0 Å². The molecule has 2 rings (SSSR count). The van der Waals surface area contributed by atoms with E-state index in [0.717, 1.165) is 30.7 Å². The van der Waals surface area contributed by atoms with Crippen LogP contribution in [-0.4, -0.2) is 5.78 Å². The normalized spacial score (nSPS) is 16.7. The first-order valence-corrected chi connectivity index (χ1v) is 7.41. The standard InChI is InChI=1S/C17H24O/c1-2-14-8-11-16(12-9-14)17(18)13-10-15-6-4-3-5-7-15/h8-9,11-12,15H,2-7,10,13H2,1H3. The molecule has 0 saturated heterocycles. The van der Waals surface area contributed by atoms with Gasteiger partial charge in [-0.15, -0.1) is 0 Å². The lowest BCUT2D eigenvalue weighted by Gasteiger charge is -2.20. The molecule has 0 heterocycles. The van der Waals surface area contributed by atoms with Gasteiger partial charge >= 0.3 is 0 Å². The number of hydrogen-bond donors (Lipinski definition) is 0. The Balaban J connectivity index is 1.82. The average molecular weight is 244 g/mol. The van der Waals surface area contributed by atoms with Gasteiger partial charge in [0.15, 0.2) is 5.78 Å². The van der Waals surface area contributed by atoms with Crippen molar-refractivity contribution in [2.45, 2.75) is 58.3 Å². The molecule has 1 nitrogen and oxygen atoms in total. The summed E-state index contributed by atoms with van der Waals surface area (Å²) in [6.07, 6.45) is 9.65. The van der Waals surface area contributed by atoms with Crippen LogP contribution in [0.1, 0.15) is 67.8 Å². The van der Waals surface area contributed by atoms with Crippen LogP contribution in [0, 0.1) is 5.92 Å². The Kier molecular flexibility index (Phi) is 4.98. The zero-order chi connectivity index (χ0) is 12.8. The third-order valence-electron chi connectivity index (χ3n) is 4.19. The van der Waals surface area contributed by atoms with E-state index in [0.29, 0.717) is 5.78 Å². The second-order valence-electron chi connectivity index (χ2n) is 5.52. The van der Waals surface area contributed by atoms with Crippen molar-refractivity contribution in [2.24, 2.45) is 5.92 Å². The lowest BCUT2D eigenvalue weighted by Crippen LogP contribution is -2.09. The Morgan fingerprint density at radius 3 is 2.39 bits per heavy atom. The van der Waals surface area contributed by atoms with Gasteiger partial charge < -0.3 is 0 Å². The van der Waals surface area contributed by atoms with E-state index in [1.54, 1.807) is 0 Å². The average Bonchev–Trinajstić information content (AvgIpc) is 2.46. The highest BCUT2D eigenvalue weighted by Gasteiger charge is 2.15. The first-order valence-electron chi connectivity index (χ1n) is 7.41. The molecule has 0 radical (unpaired) electrons. The summed E-state index contributed by atoms with van der Waals surface area (Å²) in [5, 5.41) is 0. The number of carbonyl (C=O) groups is 1. The Morgan fingerprint density at radius 2 is 1.78 bits per heavy atom. The molecule has 1 aliphatic rings. The van der Waals surface area contributed by atoms with Gasteiger partial charge in [0, 0.05) is 12.0 Å². The summed E-state index contributed by atoms with van der Waals surface area (Å²) < 4.78 is 0. The molecule has 0 amide bonds. The highest BCUT2D eigenvalue weighted by Crippen LogP contribution is 2.27. The molecule has 0 unspecified atom stereocenters. The monoisotopic (exact) mass is 244 g/mol. The Morgan fingerprint density at radius 1 is 1.11 bits per heavy atom. The van der Waals surface area contributed by atoms with Gasteiger partial charge in [-0.05, 0) is 24.3 Å². The minimum absolute atomic E-state index is 0.322. The third kappa shape index (κ3) is 3.69. The predicted octanol–water partition coefficient (Wildman–Crippen LogP) is 4.79. The summed E-state index contributed by atoms with van der Waals surface area (Å²) in [4.78, 5) is 12.1. The maximum absolute atomic E-state index is 12.1. The van der Waals surface area contributed by atoms with E-state index in [-0.39, 0.29) is 0 Å². The molecule has 1 aliphatic carbocycles. The fourth-order valence-electron chi connectivity index (χ4n) is 2.88. The fourth-order valence-corrected chi connectivity index (χ4v) is 2.88. The first-order chi connectivity index (χ1) is 8.79. The quantitative estimate of drug-likeness (QED) is 0.680. The summed E-state index contributed by atoms with van der Waals surface area (Å²) in [6, 6.07) is 8.13. The number of carbonyl (C=O) groups excluding carboxylic acids is 1. The number of aryl methyl sites for hydroxylation is 1. The molecule has 0 spiro atoms. The predicted molar refractivity (Wildman–Crippen MR) is 76.0 cm³/mol. The molecule has 1 saturated carbocycles. The van der Waals surface area contributed by atoms with Crippen molar-refractivity contribution < 1.29 is 4.79 Å². The van der Waals surface area contributed by atoms with Crippen LogP contribution in [0.3, 0.4) is 0 Å². The van der Waals surface area contributed by atoms with Crippen LogP contribution < -0.4 is 0 Å². The van der Waals surface area contributed by atoms with Crippen LogP contribution in [0.2, 0.25) is 0 Å². The number of hydrogen-bond acceptors (Lipinski definition) is 1. The van der Waals surface area contributed by atoms with E-state index in [4.69, 9.17) is 0 Å². The minimum atomic E-state index is 0.322. The van der Waals surface area contributed by atoms with Crippen molar-refractivity contribution in [1.82, 2.24) is 0 Å². The molecule has 1 aromatic rings. The van der Waals surface area contributed by atoms with Crippen LogP contribution in [0.15, 0.2) is 24.3 Å². The number of rotatable bonds is 5. The van der Waals surface area contributed by atoms with Gasteiger partial charge in [-0.3, -0.25) is 4.79 Å². The number of benzene rings is 1. The molecule has 0 bridgehead atoms. The lowest BCUT2D eigenvalue weighted by atomic mass is 9.85. The van der Waals surface area contributed by atoms with Crippen LogP contribution in [0.4, 0.5) is 0 Å². The smallest absolute Gasteiger partial charge is 0.162 e. The van der Waals surface area contributed by atoms with E-state index in [2.05, 4.69) is 19.1 Å². The number of Topliss-reactive ketones (excluding diaryl/α,β-unsaturated/α-hetero) is 1. The SMILES string of the molecule is CCc1ccc(C(=O)CCC2CCCCC2)cc1. The van der Waals surface area contributed by atoms with Gasteiger partial charge in [0.2, 0.25) is 0 Å². The molecule has 98 valence electrons. The molecule has 1 fully saturated rings. The molecule has 0 N–H and O–H groups in total. The van der Waals surface area contributed by atoms with E-state index in [1.165, 1.54) is 37.7 Å². The maximum Gasteiger partial charge on any atom is 0.162 e. The third-order valence-corrected chi connectivity index (χ3v) is 4.19. The fraction of sp³-hybridized carbons (Fsp3) is 0.588. The zero-order valence-corrected chi connectivity index (χ0v) is 11.5. The lowest BCUT2D eigenvalue weighted by molar-refractivity contribution is 0.0970. The molecule has 0 atom stereocenters. The zero-order valence-electron chi connectivity index (χ0n) is 11.5. The topological polar surface area (TPSA) is 17.1 Å². The van der Waals surface area contributed by atoms with Gasteiger partial charge in [-0.25, -0.2) is 0 Å². The first kappa shape index (κ1) is 13.3. The Hall–Kier alpha value is -1.11. The largest absolute Gasteiger partial charge is 0.294 e. The summed E-state index contributed by atoms with van der Waals surface area (Å²) >= 11 is 0. The van der Waals surface area contributed by atoms with Gasteiger partial charge in [0.1, 0.15) is 0 Å². The van der Waals surface area contributed by atoms with E-state index in [1.807, 2.05) is 12.1 Å². The highest BCUT2D eigenvalue weighted by atomic mass is 16.1. The van der Waals surface area contributed by atoms with Crippen LogP contribution >= 0.6 is 0 Å². The summed E-state index contributed by atoms with van der Waals surface area (Å²) in [6.45, 7) is 2.14. The number of ketones is 1. The van der Waals surface area contributed by atoms with Gasteiger partial charge in [-0.2, -0.15) is 0 Å². The van der Waals surface area contributed by atoms with Gasteiger partial charge in [-0.1, -0.05) is 63.3 Å². The highest BCUT2D eigenvalue weighted by molar-refractivity contribution is 5.96. The van der Waals surface area contributed by atoms with Crippen LogP contribution in [-0.2, 0) is 6.42 Å². The summed E-state index contributed by atoms with van der Waals surface area (Å²) in [7, 11) is 0. The summed E-state index contributed by atoms with van der Waals surface area (Å²) in [5.41, 5.74) is 2.20. The molecular formula is C17H24O. The molecule has 18 heavy (non-hydrogen) atoms. The van der Waals surface area contributed by atoms with Gasteiger partial charge in [0.25, 0.3) is 0 Å². The molecule has 1 aromatic carbocycles. The van der Waals surface area contributed by atoms with Crippen molar-refractivity contribution in [1.29, 1.82) is 0 Å². The van der Waals surface area contributed by atoms with Crippen molar-refractivity contribution >= 4 is 5.78 Å². The van der Waals surface area contributed by atoms with Gasteiger partial charge in [0.05, 0.1) is 0 Å². The van der Waals surface area contributed by atoms with E-state index < -0.39 is 0 Å². The molecule has 0 aromatic heterocycles. The molecule has 0 aliphatic heterocycles. The van der Waals surface area contributed by atoms with Crippen LogP contribution in [0.25, 0.3) is 0 Å². The Bertz CT molecular complexity index is 371. The van der Waals surface area contributed by atoms with Crippen molar-refractivity contribution in [3.8, 4) is 0 Å². The van der Waals surface area contributed by atoms with Crippen LogP contribution in [0.5, 0.6) is 0 Å². The molecular weight excluding hydrogens is 220 g/mol.